The Morgan fingerprint density at radius 1 is 1.36 bits per heavy atom. The lowest BCUT2D eigenvalue weighted by Gasteiger charge is -1.85. The SMILES string of the molecule is Cl.Cl.NCc1cc(Cl)sc1Cl. The maximum Gasteiger partial charge on any atom is 0.0989 e. The highest BCUT2D eigenvalue weighted by Gasteiger charge is 2.01. The van der Waals surface area contributed by atoms with Gasteiger partial charge in [0.2, 0.25) is 0 Å². The summed E-state index contributed by atoms with van der Waals surface area (Å²) < 4.78 is 1.39. The molecule has 1 aromatic rings. The molecule has 0 radical (unpaired) electrons. The maximum absolute atomic E-state index is 5.70. The van der Waals surface area contributed by atoms with Crippen molar-refractivity contribution in [3.8, 4) is 0 Å². The van der Waals surface area contributed by atoms with Crippen molar-refractivity contribution in [1.29, 1.82) is 0 Å². The lowest BCUT2D eigenvalue weighted by molar-refractivity contribution is 1.08. The van der Waals surface area contributed by atoms with Gasteiger partial charge in [-0.25, -0.2) is 0 Å². The fraction of sp³-hybridized carbons (Fsp3) is 0.200. The molecular weight excluding hydrogens is 248 g/mol. The lowest BCUT2D eigenvalue weighted by atomic mass is 10.3. The van der Waals surface area contributed by atoms with Crippen LogP contribution < -0.4 is 5.73 Å². The minimum absolute atomic E-state index is 0. The minimum Gasteiger partial charge on any atom is -0.326 e. The third-order valence-corrected chi connectivity index (χ3v) is 2.52. The van der Waals surface area contributed by atoms with Crippen LogP contribution >= 0.6 is 59.4 Å². The monoisotopic (exact) mass is 253 g/mol. The van der Waals surface area contributed by atoms with Gasteiger partial charge in [0.15, 0.2) is 0 Å². The molecule has 0 aliphatic rings. The molecule has 1 heterocycles. The quantitative estimate of drug-likeness (QED) is 0.817. The first kappa shape index (κ1) is 14.3. The number of halogens is 4. The first-order chi connectivity index (χ1) is 4.24. The van der Waals surface area contributed by atoms with Crippen molar-refractivity contribution in [3.05, 3.63) is 20.3 Å². The lowest BCUT2D eigenvalue weighted by Crippen LogP contribution is -1.93. The van der Waals surface area contributed by atoms with Crippen LogP contribution in [0.15, 0.2) is 6.07 Å². The van der Waals surface area contributed by atoms with Crippen LogP contribution in [0.4, 0.5) is 0 Å². The van der Waals surface area contributed by atoms with Crippen LogP contribution in [0.1, 0.15) is 5.56 Å². The highest BCUT2D eigenvalue weighted by Crippen LogP contribution is 2.30. The summed E-state index contributed by atoms with van der Waals surface area (Å²) in [6, 6.07) is 1.79. The van der Waals surface area contributed by atoms with Gasteiger partial charge < -0.3 is 5.73 Å². The zero-order valence-electron chi connectivity index (χ0n) is 5.34. The van der Waals surface area contributed by atoms with Crippen molar-refractivity contribution in [2.45, 2.75) is 6.54 Å². The fourth-order valence-electron chi connectivity index (χ4n) is 0.514. The standard InChI is InChI=1S/C5H5Cl2NS.2ClH/c6-4-1-3(2-8)5(7)9-4;;/h1H,2,8H2;2*1H. The zero-order chi connectivity index (χ0) is 6.85. The molecule has 0 fully saturated rings. The van der Waals surface area contributed by atoms with Gasteiger partial charge in [0.25, 0.3) is 0 Å². The molecule has 2 N–H and O–H groups in total. The first-order valence-corrected chi connectivity index (χ1v) is 3.95. The van der Waals surface area contributed by atoms with Crippen LogP contribution in [0.3, 0.4) is 0 Å². The number of hydrogen-bond acceptors (Lipinski definition) is 2. The van der Waals surface area contributed by atoms with Crippen molar-refractivity contribution < 1.29 is 0 Å². The Hall–Kier alpha value is 0.820. The molecule has 11 heavy (non-hydrogen) atoms. The molecule has 0 spiro atoms. The fourth-order valence-corrected chi connectivity index (χ4v) is 2.02. The van der Waals surface area contributed by atoms with Crippen molar-refractivity contribution in [1.82, 2.24) is 0 Å². The molecule has 0 saturated carbocycles. The van der Waals surface area contributed by atoms with E-state index in [0.717, 1.165) is 5.56 Å². The van der Waals surface area contributed by atoms with E-state index >= 15 is 0 Å². The Labute approximate surface area is 91.7 Å². The van der Waals surface area contributed by atoms with E-state index in [-0.39, 0.29) is 24.8 Å². The van der Waals surface area contributed by atoms with Gasteiger partial charge in [-0.2, -0.15) is 0 Å². The molecule has 1 nitrogen and oxygen atoms in total. The first-order valence-electron chi connectivity index (χ1n) is 2.38. The van der Waals surface area contributed by atoms with E-state index in [9.17, 15) is 0 Å². The summed E-state index contributed by atoms with van der Waals surface area (Å²) >= 11 is 12.7. The van der Waals surface area contributed by atoms with E-state index in [2.05, 4.69) is 0 Å². The average molecular weight is 255 g/mol. The predicted molar refractivity (Wildman–Crippen MR) is 56.7 cm³/mol. The van der Waals surface area contributed by atoms with Crippen LogP contribution in [0.5, 0.6) is 0 Å². The normalized spacial score (nSPS) is 8.27. The maximum atomic E-state index is 5.70. The highest BCUT2D eigenvalue weighted by molar-refractivity contribution is 7.20. The Bertz CT molecular complexity index is 212. The third kappa shape index (κ3) is 3.83. The number of rotatable bonds is 1. The molecule has 6 heteroatoms. The van der Waals surface area contributed by atoms with Crippen molar-refractivity contribution in [2.75, 3.05) is 0 Å². The molecule has 0 aliphatic carbocycles. The van der Waals surface area contributed by atoms with Crippen LogP contribution in [-0.2, 0) is 6.54 Å². The van der Waals surface area contributed by atoms with Crippen molar-refractivity contribution >= 4 is 59.4 Å². The molecule has 1 aromatic heterocycles. The van der Waals surface area contributed by atoms with E-state index in [1.54, 1.807) is 6.07 Å². The smallest absolute Gasteiger partial charge is 0.0989 e. The number of thiophene rings is 1. The van der Waals surface area contributed by atoms with Gasteiger partial charge in [0.05, 0.1) is 8.67 Å². The molecule has 0 atom stereocenters. The molecule has 0 aromatic carbocycles. The van der Waals surface area contributed by atoms with Crippen LogP contribution in [0, 0.1) is 0 Å². The summed E-state index contributed by atoms with van der Waals surface area (Å²) in [6.07, 6.45) is 0. The Balaban J connectivity index is 0. The molecule has 0 bridgehead atoms. The van der Waals surface area contributed by atoms with Gasteiger partial charge >= 0.3 is 0 Å². The molecule has 0 amide bonds. The number of hydrogen-bond donors (Lipinski definition) is 1. The molecule has 66 valence electrons. The molecule has 1 rings (SSSR count). The van der Waals surface area contributed by atoms with Gasteiger partial charge in [0, 0.05) is 6.54 Å². The van der Waals surface area contributed by atoms with E-state index in [0.29, 0.717) is 15.2 Å². The highest BCUT2D eigenvalue weighted by atomic mass is 35.5. The van der Waals surface area contributed by atoms with E-state index in [4.69, 9.17) is 28.9 Å². The summed E-state index contributed by atoms with van der Waals surface area (Å²) in [4.78, 5) is 0. The summed E-state index contributed by atoms with van der Waals surface area (Å²) in [6.45, 7) is 0.460. The number of nitrogens with two attached hydrogens (primary N) is 1. The predicted octanol–water partition coefficient (Wildman–Crippen LogP) is 3.36. The van der Waals surface area contributed by atoms with E-state index in [1.165, 1.54) is 11.3 Å². The second-order valence-corrected chi connectivity index (χ2v) is 3.84. The molecule has 0 aliphatic heterocycles. The zero-order valence-corrected chi connectivity index (χ0v) is 9.30. The van der Waals surface area contributed by atoms with Gasteiger partial charge in [-0.15, -0.1) is 36.2 Å². The van der Waals surface area contributed by atoms with Crippen LogP contribution in [0.2, 0.25) is 8.67 Å². The summed E-state index contributed by atoms with van der Waals surface area (Å²) in [7, 11) is 0. The molecule has 0 unspecified atom stereocenters. The van der Waals surface area contributed by atoms with Crippen LogP contribution in [0.25, 0.3) is 0 Å². The second-order valence-electron chi connectivity index (χ2n) is 1.55. The van der Waals surface area contributed by atoms with Gasteiger partial charge in [-0.1, -0.05) is 23.2 Å². The summed E-state index contributed by atoms with van der Waals surface area (Å²) in [5.41, 5.74) is 6.25. The molecule has 0 saturated heterocycles. The Morgan fingerprint density at radius 2 is 1.91 bits per heavy atom. The third-order valence-electron chi connectivity index (χ3n) is 0.947. The second kappa shape index (κ2) is 6.35. The largest absolute Gasteiger partial charge is 0.326 e. The Kier molecular flexibility index (Phi) is 8.28. The summed E-state index contributed by atoms with van der Waals surface area (Å²) in [5.74, 6) is 0. The average Bonchev–Trinajstić information content (AvgIpc) is 2.10. The van der Waals surface area contributed by atoms with Gasteiger partial charge in [-0.3, -0.25) is 0 Å². The van der Waals surface area contributed by atoms with Gasteiger partial charge in [0.1, 0.15) is 0 Å². The minimum atomic E-state index is 0. The topological polar surface area (TPSA) is 26.0 Å². The Morgan fingerprint density at radius 3 is 2.09 bits per heavy atom. The van der Waals surface area contributed by atoms with Crippen LogP contribution in [-0.4, -0.2) is 0 Å². The van der Waals surface area contributed by atoms with Crippen molar-refractivity contribution in [3.63, 3.8) is 0 Å². The molecular formula is C5H7Cl4NS. The van der Waals surface area contributed by atoms with Crippen molar-refractivity contribution in [2.24, 2.45) is 5.73 Å². The van der Waals surface area contributed by atoms with Gasteiger partial charge in [-0.05, 0) is 11.6 Å². The van der Waals surface area contributed by atoms with E-state index < -0.39 is 0 Å². The van der Waals surface area contributed by atoms with E-state index in [1.807, 2.05) is 0 Å². The summed E-state index contributed by atoms with van der Waals surface area (Å²) in [5, 5.41) is 0.